The fourth-order valence-corrected chi connectivity index (χ4v) is 2.26. The summed E-state index contributed by atoms with van der Waals surface area (Å²) in [7, 11) is 0. The second-order valence-electron chi connectivity index (χ2n) is 4.08. The standard InChI is InChI=1S/C14H16N2O3S/c1-3-18-14(17)10(2)20-9-12-15-13(16-19-12)11-7-5-4-6-8-11/h4-8,10H,3,9H2,1-2H3. The molecule has 0 aliphatic heterocycles. The molecule has 0 radical (unpaired) electrons. The molecule has 0 saturated heterocycles. The molecule has 0 saturated carbocycles. The summed E-state index contributed by atoms with van der Waals surface area (Å²) >= 11 is 1.42. The Morgan fingerprint density at radius 1 is 1.40 bits per heavy atom. The Kier molecular flexibility index (Phi) is 5.17. The van der Waals surface area contributed by atoms with Gasteiger partial charge in [0.1, 0.15) is 5.25 Å². The van der Waals surface area contributed by atoms with Gasteiger partial charge in [-0.15, -0.1) is 11.8 Å². The minimum absolute atomic E-state index is 0.222. The molecule has 5 nitrogen and oxygen atoms in total. The van der Waals surface area contributed by atoms with Crippen molar-refractivity contribution in [2.75, 3.05) is 6.61 Å². The molecule has 0 aliphatic carbocycles. The number of carbonyl (C=O) groups excluding carboxylic acids is 1. The number of hydrogen-bond donors (Lipinski definition) is 0. The number of ether oxygens (including phenoxy) is 1. The minimum atomic E-state index is -0.248. The second-order valence-corrected chi connectivity index (χ2v) is 5.41. The van der Waals surface area contributed by atoms with Gasteiger partial charge in [0.05, 0.1) is 12.4 Å². The lowest BCUT2D eigenvalue weighted by Crippen LogP contribution is -2.16. The third kappa shape index (κ3) is 3.84. The van der Waals surface area contributed by atoms with E-state index in [0.717, 1.165) is 5.56 Å². The van der Waals surface area contributed by atoms with Gasteiger partial charge in [-0.25, -0.2) is 0 Å². The van der Waals surface area contributed by atoms with E-state index in [2.05, 4.69) is 10.1 Å². The molecule has 0 amide bonds. The molecule has 1 aromatic heterocycles. The lowest BCUT2D eigenvalue weighted by atomic mass is 10.2. The van der Waals surface area contributed by atoms with E-state index in [1.807, 2.05) is 30.3 Å². The highest BCUT2D eigenvalue weighted by atomic mass is 32.2. The van der Waals surface area contributed by atoms with Crippen LogP contribution in [0.1, 0.15) is 19.7 Å². The summed E-state index contributed by atoms with van der Waals surface area (Å²) in [5.41, 5.74) is 0.908. The van der Waals surface area contributed by atoms with Crippen LogP contribution in [0.3, 0.4) is 0 Å². The minimum Gasteiger partial charge on any atom is -0.465 e. The number of rotatable bonds is 6. The lowest BCUT2D eigenvalue weighted by molar-refractivity contribution is -0.142. The Morgan fingerprint density at radius 2 is 2.15 bits per heavy atom. The third-order valence-electron chi connectivity index (χ3n) is 2.58. The van der Waals surface area contributed by atoms with Gasteiger partial charge in [0.25, 0.3) is 0 Å². The van der Waals surface area contributed by atoms with E-state index in [4.69, 9.17) is 9.26 Å². The van der Waals surface area contributed by atoms with Gasteiger partial charge in [0, 0.05) is 5.56 Å². The number of hydrogen-bond acceptors (Lipinski definition) is 6. The van der Waals surface area contributed by atoms with Crippen LogP contribution < -0.4 is 0 Å². The Bertz CT molecular complexity index is 557. The van der Waals surface area contributed by atoms with E-state index in [9.17, 15) is 4.79 Å². The lowest BCUT2D eigenvalue weighted by Gasteiger charge is -2.07. The van der Waals surface area contributed by atoms with Crippen molar-refractivity contribution in [1.29, 1.82) is 0 Å². The van der Waals surface area contributed by atoms with Crippen LogP contribution in [0.5, 0.6) is 0 Å². The van der Waals surface area contributed by atoms with Crippen LogP contribution in [0.25, 0.3) is 11.4 Å². The van der Waals surface area contributed by atoms with Crippen molar-refractivity contribution in [3.05, 3.63) is 36.2 Å². The van der Waals surface area contributed by atoms with Crippen molar-refractivity contribution < 1.29 is 14.1 Å². The zero-order valence-corrected chi connectivity index (χ0v) is 12.2. The highest BCUT2D eigenvalue weighted by Crippen LogP contribution is 2.20. The summed E-state index contributed by atoms with van der Waals surface area (Å²) in [6.45, 7) is 3.99. The summed E-state index contributed by atoms with van der Waals surface area (Å²) in [6.07, 6.45) is 0. The second kappa shape index (κ2) is 7.09. The Hall–Kier alpha value is -1.82. The van der Waals surface area contributed by atoms with Crippen molar-refractivity contribution >= 4 is 17.7 Å². The fourth-order valence-electron chi connectivity index (χ4n) is 1.54. The number of nitrogens with zero attached hydrogens (tertiary/aromatic N) is 2. The molecule has 1 atom stereocenters. The van der Waals surface area contributed by atoms with Gasteiger partial charge in [0.15, 0.2) is 0 Å². The maximum Gasteiger partial charge on any atom is 0.318 e. The van der Waals surface area contributed by atoms with Crippen LogP contribution in [-0.2, 0) is 15.3 Å². The van der Waals surface area contributed by atoms with Crippen LogP contribution >= 0.6 is 11.8 Å². The molecule has 0 aliphatic rings. The number of aromatic nitrogens is 2. The molecule has 2 rings (SSSR count). The number of benzene rings is 1. The summed E-state index contributed by atoms with van der Waals surface area (Å²) < 4.78 is 10.1. The van der Waals surface area contributed by atoms with Crippen molar-refractivity contribution in [2.24, 2.45) is 0 Å². The van der Waals surface area contributed by atoms with Crippen LogP contribution in [0.2, 0.25) is 0 Å². The molecule has 0 N–H and O–H groups in total. The van der Waals surface area contributed by atoms with Gasteiger partial charge in [-0.1, -0.05) is 35.5 Å². The smallest absolute Gasteiger partial charge is 0.318 e. The maximum absolute atomic E-state index is 11.5. The first-order valence-electron chi connectivity index (χ1n) is 6.37. The SMILES string of the molecule is CCOC(=O)C(C)SCc1nc(-c2ccccc2)no1. The maximum atomic E-state index is 11.5. The monoisotopic (exact) mass is 292 g/mol. The van der Waals surface area contributed by atoms with Gasteiger partial charge in [-0.3, -0.25) is 4.79 Å². The van der Waals surface area contributed by atoms with Gasteiger partial charge in [-0.2, -0.15) is 4.98 Å². The summed E-state index contributed by atoms with van der Waals surface area (Å²) in [5, 5.41) is 3.68. The fraction of sp³-hybridized carbons (Fsp3) is 0.357. The molecule has 0 fully saturated rings. The van der Waals surface area contributed by atoms with Gasteiger partial charge in [0.2, 0.25) is 11.7 Å². The zero-order valence-electron chi connectivity index (χ0n) is 11.4. The molecule has 0 spiro atoms. The average molecular weight is 292 g/mol. The largest absolute Gasteiger partial charge is 0.465 e. The van der Waals surface area contributed by atoms with E-state index in [1.165, 1.54) is 11.8 Å². The highest BCUT2D eigenvalue weighted by Gasteiger charge is 2.16. The molecule has 1 heterocycles. The number of carbonyl (C=O) groups is 1. The molecule has 1 unspecified atom stereocenters. The van der Waals surface area contributed by atoms with Crippen molar-refractivity contribution in [1.82, 2.24) is 10.1 Å². The van der Waals surface area contributed by atoms with E-state index >= 15 is 0 Å². The van der Waals surface area contributed by atoms with Crippen LogP contribution in [0.4, 0.5) is 0 Å². The Labute approximate surface area is 121 Å². The normalized spacial score (nSPS) is 12.1. The van der Waals surface area contributed by atoms with Gasteiger partial charge >= 0.3 is 5.97 Å². The van der Waals surface area contributed by atoms with E-state index in [0.29, 0.717) is 24.1 Å². The van der Waals surface area contributed by atoms with Crippen molar-refractivity contribution in [3.63, 3.8) is 0 Å². The first-order valence-corrected chi connectivity index (χ1v) is 7.41. The van der Waals surface area contributed by atoms with Crippen LogP contribution in [0, 0.1) is 0 Å². The van der Waals surface area contributed by atoms with Crippen molar-refractivity contribution in [2.45, 2.75) is 24.9 Å². The highest BCUT2D eigenvalue weighted by molar-refractivity contribution is 7.99. The van der Waals surface area contributed by atoms with E-state index < -0.39 is 0 Å². The first kappa shape index (κ1) is 14.6. The van der Waals surface area contributed by atoms with Gasteiger partial charge in [-0.05, 0) is 13.8 Å². The van der Waals surface area contributed by atoms with Crippen molar-refractivity contribution in [3.8, 4) is 11.4 Å². The molecule has 106 valence electrons. The molecular formula is C14H16N2O3S. The average Bonchev–Trinajstić information content (AvgIpc) is 2.95. The summed E-state index contributed by atoms with van der Waals surface area (Å²) in [4.78, 5) is 15.8. The topological polar surface area (TPSA) is 65.2 Å². The predicted molar refractivity (Wildman–Crippen MR) is 77.1 cm³/mol. The number of esters is 1. The molecule has 2 aromatic rings. The molecular weight excluding hydrogens is 276 g/mol. The quantitative estimate of drug-likeness (QED) is 0.763. The Balaban J connectivity index is 1.92. The molecule has 6 heteroatoms. The van der Waals surface area contributed by atoms with Crippen LogP contribution in [0.15, 0.2) is 34.9 Å². The Morgan fingerprint density at radius 3 is 2.85 bits per heavy atom. The molecule has 20 heavy (non-hydrogen) atoms. The first-order chi connectivity index (χ1) is 9.70. The molecule has 0 bridgehead atoms. The predicted octanol–water partition coefficient (Wildman–Crippen LogP) is 2.92. The van der Waals surface area contributed by atoms with E-state index in [-0.39, 0.29) is 11.2 Å². The third-order valence-corrected chi connectivity index (χ3v) is 3.68. The summed E-state index contributed by atoms with van der Waals surface area (Å²) in [5.74, 6) is 1.33. The number of thioether (sulfide) groups is 1. The van der Waals surface area contributed by atoms with Crippen LogP contribution in [-0.4, -0.2) is 28.0 Å². The van der Waals surface area contributed by atoms with Gasteiger partial charge < -0.3 is 9.26 Å². The zero-order chi connectivity index (χ0) is 14.4. The molecule has 1 aromatic carbocycles. The van der Waals surface area contributed by atoms with E-state index in [1.54, 1.807) is 13.8 Å². The summed E-state index contributed by atoms with van der Waals surface area (Å²) in [6, 6.07) is 9.61.